The van der Waals surface area contributed by atoms with Gasteiger partial charge in [0.15, 0.2) is 11.9 Å². The summed E-state index contributed by atoms with van der Waals surface area (Å²) in [6, 6.07) is 1.48. The van der Waals surface area contributed by atoms with Crippen LogP contribution in [0, 0.1) is 19.8 Å². The lowest BCUT2D eigenvalue weighted by atomic mass is 9.73. The monoisotopic (exact) mass is 347 g/mol. The van der Waals surface area contributed by atoms with Crippen molar-refractivity contribution in [1.82, 2.24) is 0 Å². The van der Waals surface area contributed by atoms with Crippen molar-refractivity contribution in [2.24, 2.45) is 10.9 Å². The molecule has 4 atom stereocenters. The van der Waals surface area contributed by atoms with E-state index < -0.39 is 35.4 Å². The smallest absolute Gasteiger partial charge is 0.281 e. The van der Waals surface area contributed by atoms with E-state index in [4.69, 9.17) is 9.47 Å². The van der Waals surface area contributed by atoms with Gasteiger partial charge in [-0.3, -0.25) is 9.59 Å². The summed E-state index contributed by atoms with van der Waals surface area (Å²) in [6.45, 7) is 6.43. The number of benzene rings is 1. The maximum absolute atomic E-state index is 12.7. The van der Waals surface area contributed by atoms with Gasteiger partial charge in [0, 0.05) is 12.7 Å². The van der Waals surface area contributed by atoms with Crippen LogP contribution in [0.4, 0.5) is 0 Å². The number of hydrogen-bond donors (Lipinski definition) is 2. The quantitative estimate of drug-likeness (QED) is 0.794. The van der Waals surface area contributed by atoms with Gasteiger partial charge in [-0.1, -0.05) is 0 Å². The number of fused-ring (bicyclic) bond motifs is 2. The van der Waals surface area contributed by atoms with E-state index in [1.165, 1.54) is 13.2 Å². The molecule has 3 rings (SSSR count). The fraction of sp³-hybridized carbons (Fsp3) is 0.500. The third-order valence-electron chi connectivity index (χ3n) is 5.29. The zero-order valence-electron chi connectivity index (χ0n) is 14.8. The van der Waals surface area contributed by atoms with Crippen LogP contribution >= 0.6 is 0 Å². The molecule has 1 aromatic carbocycles. The van der Waals surface area contributed by atoms with Crippen LogP contribution in [0.1, 0.15) is 35.3 Å². The molecule has 0 bridgehead atoms. The number of aromatic hydroxyl groups is 1. The summed E-state index contributed by atoms with van der Waals surface area (Å²) in [4.78, 5) is 29.3. The minimum Gasteiger partial charge on any atom is -0.508 e. The highest BCUT2D eigenvalue weighted by molar-refractivity contribution is 6.18. The SMILES string of the molecule is CO[C@@]1(C)[C@H](O)C(=O)C(C)C2=NC(=O)c3c(C)cc(O)c(C)c3O[C@@H]21. The number of phenols is 1. The van der Waals surface area contributed by atoms with E-state index in [1.807, 2.05) is 0 Å². The maximum atomic E-state index is 12.7. The Kier molecular flexibility index (Phi) is 3.96. The third kappa shape index (κ3) is 2.30. The number of aliphatic hydroxyl groups is 1. The van der Waals surface area contributed by atoms with Gasteiger partial charge in [0.2, 0.25) is 0 Å². The molecule has 134 valence electrons. The molecular weight excluding hydrogens is 326 g/mol. The molecule has 0 saturated heterocycles. The Hall–Kier alpha value is -2.25. The van der Waals surface area contributed by atoms with Gasteiger partial charge in [0.25, 0.3) is 5.91 Å². The summed E-state index contributed by atoms with van der Waals surface area (Å²) in [5.74, 6) is -1.60. The standard InChI is InChI=1S/C18H21NO6/c1-7-6-10(20)8(2)14-11(7)17(23)19-12-9(3)13(21)15(22)18(4,24-5)16(12)25-14/h6,9,15-16,20,22H,1-5H3/t9?,15-,16+,18+/m1/s1. The van der Waals surface area contributed by atoms with Crippen molar-refractivity contribution in [2.75, 3.05) is 7.11 Å². The number of rotatable bonds is 1. The summed E-state index contributed by atoms with van der Waals surface area (Å²) in [6.07, 6.45) is -2.36. The molecule has 7 nitrogen and oxygen atoms in total. The Balaban J connectivity index is 2.28. The summed E-state index contributed by atoms with van der Waals surface area (Å²) in [7, 11) is 1.36. The lowest BCUT2D eigenvalue weighted by Gasteiger charge is -2.44. The van der Waals surface area contributed by atoms with Crippen molar-refractivity contribution in [1.29, 1.82) is 0 Å². The molecule has 1 aliphatic heterocycles. The number of methoxy groups -OCH3 is 1. The van der Waals surface area contributed by atoms with Crippen LogP contribution in [-0.4, -0.2) is 52.5 Å². The van der Waals surface area contributed by atoms with Gasteiger partial charge in [-0.05, 0) is 39.3 Å². The van der Waals surface area contributed by atoms with Crippen molar-refractivity contribution < 1.29 is 29.3 Å². The van der Waals surface area contributed by atoms with E-state index in [9.17, 15) is 19.8 Å². The highest BCUT2D eigenvalue weighted by Crippen LogP contribution is 2.41. The number of aliphatic hydroxyl groups excluding tert-OH is 1. The van der Waals surface area contributed by atoms with Crippen LogP contribution in [0.5, 0.6) is 11.5 Å². The fourth-order valence-electron chi connectivity index (χ4n) is 3.45. The average Bonchev–Trinajstić information content (AvgIpc) is 2.73. The average molecular weight is 347 g/mol. The van der Waals surface area contributed by atoms with E-state index in [2.05, 4.69) is 4.99 Å². The number of amides is 1. The first-order valence-corrected chi connectivity index (χ1v) is 8.03. The topological polar surface area (TPSA) is 105 Å². The Morgan fingerprint density at radius 2 is 1.96 bits per heavy atom. The number of ketones is 1. The highest BCUT2D eigenvalue weighted by atomic mass is 16.6. The number of aryl methyl sites for hydroxylation is 1. The Morgan fingerprint density at radius 1 is 1.32 bits per heavy atom. The van der Waals surface area contributed by atoms with Gasteiger partial charge < -0.3 is 19.7 Å². The minimum absolute atomic E-state index is 0.00731. The molecule has 0 radical (unpaired) electrons. The molecule has 1 unspecified atom stereocenters. The van der Waals surface area contributed by atoms with Gasteiger partial charge in [-0.2, -0.15) is 0 Å². The number of hydrogen-bond acceptors (Lipinski definition) is 6. The second kappa shape index (κ2) is 5.64. The van der Waals surface area contributed by atoms with Crippen LogP contribution in [0.15, 0.2) is 11.1 Å². The summed E-state index contributed by atoms with van der Waals surface area (Å²) in [5.41, 5.74) is -0.0348. The molecule has 1 fully saturated rings. The van der Waals surface area contributed by atoms with Crippen LogP contribution in [-0.2, 0) is 9.53 Å². The normalized spacial score (nSPS) is 31.6. The molecule has 1 heterocycles. The molecule has 1 aliphatic carbocycles. The van der Waals surface area contributed by atoms with Gasteiger partial charge in [-0.15, -0.1) is 0 Å². The molecule has 1 amide bonds. The zero-order chi connectivity index (χ0) is 18.7. The van der Waals surface area contributed by atoms with Crippen molar-refractivity contribution in [2.45, 2.75) is 45.5 Å². The van der Waals surface area contributed by atoms with Crippen molar-refractivity contribution >= 4 is 17.4 Å². The predicted molar refractivity (Wildman–Crippen MR) is 89.4 cm³/mol. The number of aliphatic imine (C=N–C) groups is 1. The Morgan fingerprint density at radius 3 is 2.56 bits per heavy atom. The fourth-order valence-corrected chi connectivity index (χ4v) is 3.45. The zero-order valence-corrected chi connectivity index (χ0v) is 14.8. The lowest BCUT2D eigenvalue weighted by molar-refractivity contribution is -0.164. The second-order valence-electron chi connectivity index (χ2n) is 6.80. The molecule has 0 aromatic heterocycles. The van der Waals surface area contributed by atoms with E-state index in [1.54, 1.807) is 27.7 Å². The number of carbonyl (C=O) groups excluding carboxylic acids is 2. The number of nitrogens with zero attached hydrogens (tertiary/aromatic N) is 1. The Bertz CT molecular complexity index is 814. The molecular formula is C18H21NO6. The largest absolute Gasteiger partial charge is 0.508 e. The second-order valence-corrected chi connectivity index (χ2v) is 6.80. The number of carbonyl (C=O) groups is 2. The first-order valence-electron chi connectivity index (χ1n) is 8.03. The number of Topliss-reactive ketones (excluding diaryl/α,β-unsaturated/α-hetero) is 1. The van der Waals surface area contributed by atoms with E-state index in [0.29, 0.717) is 11.1 Å². The van der Waals surface area contributed by atoms with Crippen molar-refractivity contribution in [3.63, 3.8) is 0 Å². The molecule has 25 heavy (non-hydrogen) atoms. The van der Waals surface area contributed by atoms with E-state index >= 15 is 0 Å². The van der Waals surface area contributed by atoms with Crippen LogP contribution in [0.25, 0.3) is 0 Å². The highest BCUT2D eigenvalue weighted by Gasteiger charge is 2.57. The molecule has 7 heteroatoms. The minimum atomic E-state index is -1.42. The molecule has 1 saturated carbocycles. The predicted octanol–water partition coefficient (Wildman–Crippen LogP) is 1.34. The summed E-state index contributed by atoms with van der Waals surface area (Å²) < 4.78 is 11.5. The van der Waals surface area contributed by atoms with E-state index in [0.717, 1.165) is 0 Å². The van der Waals surface area contributed by atoms with Gasteiger partial charge in [0.1, 0.15) is 23.2 Å². The molecule has 1 aromatic rings. The van der Waals surface area contributed by atoms with Crippen LogP contribution in [0.3, 0.4) is 0 Å². The molecule has 2 N–H and O–H groups in total. The first-order chi connectivity index (χ1) is 11.6. The van der Waals surface area contributed by atoms with Gasteiger partial charge in [0.05, 0.1) is 17.2 Å². The summed E-state index contributed by atoms with van der Waals surface area (Å²) >= 11 is 0. The number of phenolic OH excluding ortho intramolecular Hbond substituents is 1. The van der Waals surface area contributed by atoms with E-state index in [-0.39, 0.29) is 22.8 Å². The lowest BCUT2D eigenvalue weighted by Crippen LogP contribution is -2.66. The van der Waals surface area contributed by atoms with Crippen LogP contribution in [0.2, 0.25) is 0 Å². The van der Waals surface area contributed by atoms with Crippen LogP contribution < -0.4 is 4.74 Å². The molecule has 0 spiro atoms. The third-order valence-corrected chi connectivity index (χ3v) is 5.29. The first kappa shape index (κ1) is 17.6. The van der Waals surface area contributed by atoms with Gasteiger partial charge in [-0.25, -0.2) is 4.99 Å². The van der Waals surface area contributed by atoms with Crippen molar-refractivity contribution in [3.05, 3.63) is 22.8 Å². The maximum Gasteiger partial charge on any atom is 0.281 e. The summed E-state index contributed by atoms with van der Waals surface area (Å²) in [5, 5.41) is 20.5. The van der Waals surface area contributed by atoms with Gasteiger partial charge >= 0.3 is 0 Å². The number of ether oxygens (including phenoxy) is 2. The van der Waals surface area contributed by atoms with Crippen molar-refractivity contribution in [3.8, 4) is 11.5 Å². The Labute approximate surface area is 145 Å². The molecule has 2 aliphatic rings.